The van der Waals surface area contributed by atoms with Crippen LogP contribution < -0.4 is 0 Å². The molecule has 0 fully saturated rings. The van der Waals surface area contributed by atoms with Crippen molar-refractivity contribution in [1.29, 1.82) is 0 Å². The number of esters is 2. The first-order valence-corrected chi connectivity index (χ1v) is 23.5. The number of hydrogen-bond donors (Lipinski definition) is 1. The summed E-state index contributed by atoms with van der Waals surface area (Å²) in [6.45, 7) is 10.3. The lowest BCUT2D eigenvalue weighted by Gasteiger charge is -2.17. The molecule has 0 heterocycles. The first-order chi connectivity index (χ1) is 25.5. The summed E-state index contributed by atoms with van der Waals surface area (Å²) in [5, 5.41) is 10.4. The summed E-state index contributed by atoms with van der Waals surface area (Å²) in [5.74, 6) is 1.38. The van der Waals surface area contributed by atoms with Gasteiger partial charge in [0.1, 0.15) is 0 Å². The molecule has 0 saturated heterocycles. The molecule has 0 aliphatic carbocycles. The smallest absolute Gasteiger partial charge is 0.305 e. The second-order valence-corrected chi connectivity index (χ2v) is 16.4. The summed E-state index contributed by atoms with van der Waals surface area (Å²) in [5.41, 5.74) is 0. The fraction of sp³-hybridized carbons (Fsp3) is 0.957. The van der Waals surface area contributed by atoms with Gasteiger partial charge < -0.3 is 14.6 Å². The van der Waals surface area contributed by atoms with E-state index < -0.39 is 0 Å². The summed E-state index contributed by atoms with van der Waals surface area (Å²) in [6.07, 6.45) is 41.5. The molecular weight excluding hydrogens is 645 g/mol. The predicted octanol–water partition coefficient (Wildman–Crippen LogP) is 14.8. The van der Waals surface area contributed by atoms with E-state index in [0.29, 0.717) is 37.9 Å². The van der Waals surface area contributed by atoms with Gasteiger partial charge in [-0.3, -0.25) is 9.59 Å². The van der Waals surface area contributed by atoms with Gasteiger partial charge in [0, 0.05) is 12.8 Å². The van der Waals surface area contributed by atoms with Crippen molar-refractivity contribution >= 4 is 11.9 Å². The molecule has 5 nitrogen and oxygen atoms in total. The van der Waals surface area contributed by atoms with Gasteiger partial charge in [0.2, 0.25) is 0 Å². The zero-order valence-corrected chi connectivity index (χ0v) is 35.7. The molecule has 0 unspecified atom stereocenters. The van der Waals surface area contributed by atoms with Gasteiger partial charge in [0.15, 0.2) is 0 Å². The van der Waals surface area contributed by atoms with Crippen LogP contribution in [0.25, 0.3) is 0 Å². The molecule has 0 rings (SSSR count). The molecular formula is C47H92O5. The molecule has 310 valence electrons. The van der Waals surface area contributed by atoms with Crippen LogP contribution in [0.2, 0.25) is 0 Å². The van der Waals surface area contributed by atoms with Gasteiger partial charge in [0.05, 0.1) is 19.3 Å². The van der Waals surface area contributed by atoms with Crippen molar-refractivity contribution in [2.24, 2.45) is 11.8 Å². The molecule has 5 heteroatoms. The minimum absolute atomic E-state index is 0.0219. The third-order valence-corrected chi connectivity index (χ3v) is 11.3. The van der Waals surface area contributed by atoms with Crippen LogP contribution >= 0.6 is 0 Å². The Balaban J connectivity index is 3.77. The quantitative estimate of drug-likeness (QED) is 0.0499. The first kappa shape index (κ1) is 50.9. The lowest BCUT2D eigenvalue weighted by atomic mass is 9.92. The van der Waals surface area contributed by atoms with E-state index in [-0.39, 0.29) is 18.0 Å². The van der Waals surface area contributed by atoms with Crippen LogP contribution in [0.5, 0.6) is 0 Å². The van der Waals surface area contributed by atoms with Gasteiger partial charge in [-0.2, -0.15) is 0 Å². The number of carbonyl (C=O) groups excluding carboxylic acids is 2. The maximum absolute atomic E-state index is 12.3. The highest BCUT2D eigenvalue weighted by Gasteiger charge is 2.13. The lowest BCUT2D eigenvalue weighted by molar-refractivity contribution is -0.145. The van der Waals surface area contributed by atoms with Crippen molar-refractivity contribution in [3.63, 3.8) is 0 Å². The van der Waals surface area contributed by atoms with Crippen molar-refractivity contribution in [1.82, 2.24) is 0 Å². The SMILES string of the molecule is CCCCCCC(CCCCCC)CCOC(=O)CCCCCCCC(O)CCCCCCCC(=O)OCCC(CCCCCC)CCCCCC. The van der Waals surface area contributed by atoms with Crippen molar-refractivity contribution in [2.75, 3.05) is 13.2 Å². The van der Waals surface area contributed by atoms with Crippen molar-refractivity contribution < 1.29 is 24.2 Å². The van der Waals surface area contributed by atoms with Crippen LogP contribution in [0.3, 0.4) is 0 Å². The molecule has 0 spiro atoms. The first-order valence-electron chi connectivity index (χ1n) is 23.5. The van der Waals surface area contributed by atoms with Gasteiger partial charge in [-0.25, -0.2) is 0 Å². The van der Waals surface area contributed by atoms with E-state index >= 15 is 0 Å². The molecule has 0 aromatic rings. The van der Waals surface area contributed by atoms with Crippen molar-refractivity contribution in [3.05, 3.63) is 0 Å². The van der Waals surface area contributed by atoms with Crippen LogP contribution in [-0.4, -0.2) is 36.4 Å². The average Bonchev–Trinajstić information content (AvgIpc) is 3.14. The highest BCUT2D eigenvalue weighted by molar-refractivity contribution is 5.69. The molecule has 0 aromatic heterocycles. The van der Waals surface area contributed by atoms with Gasteiger partial charge in [-0.15, -0.1) is 0 Å². The zero-order chi connectivity index (χ0) is 38.2. The lowest BCUT2D eigenvalue weighted by Crippen LogP contribution is -2.10. The Morgan fingerprint density at radius 3 is 0.962 bits per heavy atom. The summed E-state index contributed by atoms with van der Waals surface area (Å²) in [7, 11) is 0. The highest BCUT2D eigenvalue weighted by atomic mass is 16.5. The Morgan fingerprint density at radius 2 is 0.635 bits per heavy atom. The third-order valence-electron chi connectivity index (χ3n) is 11.3. The monoisotopic (exact) mass is 737 g/mol. The number of rotatable bonds is 42. The third kappa shape index (κ3) is 37.2. The normalized spacial score (nSPS) is 11.7. The number of hydrogen-bond acceptors (Lipinski definition) is 5. The molecule has 0 saturated carbocycles. The van der Waals surface area contributed by atoms with Crippen molar-refractivity contribution in [2.45, 2.75) is 265 Å². The Kier molecular flexibility index (Phi) is 40.2. The van der Waals surface area contributed by atoms with Gasteiger partial charge in [-0.05, 0) is 50.4 Å². The molecule has 0 bridgehead atoms. The maximum atomic E-state index is 12.3. The Labute approximate surface area is 325 Å². The van der Waals surface area contributed by atoms with Crippen LogP contribution in [0.1, 0.15) is 259 Å². The van der Waals surface area contributed by atoms with Crippen LogP contribution in [0, 0.1) is 11.8 Å². The number of unbranched alkanes of at least 4 members (excludes halogenated alkanes) is 20. The Morgan fingerprint density at radius 1 is 0.365 bits per heavy atom. The summed E-state index contributed by atoms with van der Waals surface area (Å²) < 4.78 is 11.2. The molecule has 0 aliphatic rings. The molecule has 0 amide bonds. The summed E-state index contributed by atoms with van der Waals surface area (Å²) in [4.78, 5) is 24.6. The van der Waals surface area contributed by atoms with E-state index in [1.807, 2.05) is 0 Å². The average molecular weight is 737 g/mol. The molecule has 0 atom stereocenters. The van der Waals surface area contributed by atoms with E-state index in [1.165, 1.54) is 128 Å². The van der Waals surface area contributed by atoms with Gasteiger partial charge >= 0.3 is 11.9 Å². The van der Waals surface area contributed by atoms with Crippen LogP contribution in [-0.2, 0) is 19.1 Å². The van der Waals surface area contributed by atoms with E-state index in [1.54, 1.807) is 0 Å². The predicted molar refractivity (Wildman–Crippen MR) is 224 cm³/mol. The summed E-state index contributed by atoms with van der Waals surface area (Å²) in [6, 6.07) is 0. The summed E-state index contributed by atoms with van der Waals surface area (Å²) >= 11 is 0. The maximum Gasteiger partial charge on any atom is 0.305 e. The van der Waals surface area contributed by atoms with E-state index in [9.17, 15) is 14.7 Å². The van der Waals surface area contributed by atoms with Crippen LogP contribution in [0.4, 0.5) is 0 Å². The topological polar surface area (TPSA) is 72.8 Å². The number of aliphatic hydroxyl groups is 1. The highest BCUT2D eigenvalue weighted by Crippen LogP contribution is 2.23. The van der Waals surface area contributed by atoms with E-state index in [2.05, 4.69) is 27.7 Å². The van der Waals surface area contributed by atoms with Crippen LogP contribution in [0.15, 0.2) is 0 Å². The fourth-order valence-corrected chi connectivity index (χ4v) is 7.63. The van der Waals surface area contributed by atoms with E-state index in [4.69, 9.17) is 9.47 Å². The van der Waals surface area contributed by atoms with Crippen molar-refractivity contribution in [3.8, 4) is 0 Å². The van der Waals surface area contributed by atoms with Gasteiger partial charge in [-0.1, -0.05) is 207 Å². The zero-order valence-electron chi connectivity index (χ0n) is 35.7. The minimum Gasteiger partial charge on any atom is -0.466 e. The second kappa shape index (κ2) is 41.1. The molecule has 1 N–H and O–H groups in total. The largest absolute Gasteiger partial charge is 0.466 e. The number of carbonyl (C=O) groups is 2. The Hall–Kier alpha value is -1.10. The minimum atomic E-state index is -0.200. The Bertz CT molecular complexity index is 655. The molecule has 0 aromatic carbocycles. The fourth-order valence-electron chi connectivity index (χ4n) is 7.63. The number of aliphatic hydroxyl groups excluding tert-OH is 1. The van der Waals surface area contributed by atoms with E-state index in [0.717, 1.165) is 89.9 Å². The molecule has 0 radical (unpaired) electrons. The number of ether oxygens (including phenoxy) is 2. The molecule has 52 heavy (non-hydrogen) atoms. The van der Waals surface area contributed by atoms with Gasteiger partial charge in [0.25, 0.3) is 0 Å². The standard InChI is InChI=1S/C47H92O5/c1-5-9-13-23-31-43(32-24-14-10-6-2)39-41-51-46(49)37-29-21-17-19-27-35-45(48)36-28-20-18-22-30-38-47(50)52-42-40-44(33-25-15-11-7-3)34-26-16-12-8-4/h43-45,48H,5-42H2,1-4H3. The molecule has 0 aliphatic heterocycles. The second-order valence-electron chi connectivity index (χ2n) is 16.4.